The Morgan fingerprint density at radius 1 is 0.744 bits per heavy atom. The molecule has 2 aliphatic carbocycles. The maximum atomic E-state index is 12.2. The Labute approximate surface area is 251 Å². The summed E-state index contributed by atoms with van der Waals surface area (Å²) >= 11 is 0. The third-order valence-corrected chi connectivity index (χ3v) is 8.48. The highest BCUT2D eigenvalue weighted by atomic mass is 16.5. The average molecular weight is 571 g/mol. The zero-order chi connectivity index (χ0) is 30.2. The molecule has 0 amide bonds. The van der Waals surface area contributed by atoms with Crippen molar-refractivity contribution in [1.29, 1.82) is 0 Å². The predicted octanol–water partition coefficient (Wildman–Crippen LogP) is 8.07. The van der Waals surface area contributed by atoms with E-state index in [1.165, 1.54) is 16.5 Å². The summed E-state index contributed by atoms with van der Waals surface area (Å²) in [5.41, 5.74) is 9.83. The smallest absolute Gasteiger partial charge is 0.171 e. The van der Waals surface area contributed by atoms with Gasteiger partial charge in [0.15, 0.2) is 5.78 Å². The lowest BCUT2D eigenvalue weighted by Gasteiger charge is -2.13. The van der Waals surface area contributed by atoms with Crippen LogP contribution in [0.25, 0.3) is 27.5 Å². The fraction of sp³-hybridized carbons (Fsp3) is 0.184. The number of aliphatic hydroxyl groups is 1. The van der Waals surface area contributed by atoms with Crippen molar-refractivity contribution in [2.45, 2.75) is 33.1 Å². The number of carbonyl (C=O) groups excluding carboxylic acids is 1. The summed E-state index contributed by atoms with van der Waals surface area (Å²) < 4.78 is 11.0. The first-order valence-electron chi connectivity index (χ1n) is 14.4. The number of benzene rings is 5. The standard InChI is InChI=1S/C19H18O3.C19H16O2/c1-12-6-5-8-14(19(12)22-2)11-17(21)18-15-9-4-3-7-13(15)10-16(18)20;1-11-7-8-14-15-9-12-5-3-4-6-13(12)18(15)17(20)10-16(14)19(11)21-2/h3-9,21H,10-11H2,1-2H3;3-8,10,20H,9H2,1-2H3. The first-order chi connectivity index (χ1) is 20.8. The number of phenols is 1. The van der Waals surface area contributed by atoms with Gasteiger partial charge in [0, 0.05) is 29.4 Å². The van der Waals surface area contributed by atoms with Gasteiger partial charge in [-0.3, -0.25) is 4.79 Å². The zero-order valence-corrected chi connectivity index (χ0v) is 24.8. The number of aromatic hydroxyl groups is 1. The van der Waals surface area contributed by atoms with Crippen LogP contribution < -0.4 is 9.47 Å². The maximum absolute atomic E-state index is 12.2. The van der Waals surface area contributed by atoms with E-state index in [1.54, 1.807) is 14.2 Å². The topological polar surface area (TPSA) is 76.0 Å². The predicted molar refractivity (Wildman–Crippen MR) is 171 cm³/mol. The van der Waals surface area contributed by atoms with E-state index in [1.807, 2.05) is 68.4 Å². The Balaban J connectivity index is 0.000000153. The molecule has 0 fully saturated rings. The summed E-state index contributed by atoms with van der Waals surface area (Å²) in [6.07, 6.45) is 1.52. The van der Waals surface area contributed by atoms with Gasteiger partial charge in [-0.05, 0) is 70.7 Å². The second kappa shape index (κ2) is 11.3. The molecule has 2 N–H and O–H groups in total. The van der Waals surface area contributed by atoms with Gasteiger partial charge in [-0.15, -0.1) is 0 Å². The van der Waals surface area contributed by atoms with Crippen LogP contribution in [0.1, 0.15) is 38.9 Å². The molecule has 5 aromatic carbocycles. The minimum atomic E-state index is -0.0229. The number of carbonyl (C=O) groups is 1. The van der Waals surface area contributed by atoms with E-state index < -0.39 is 0 Å². The number of Topliss-reactive ketones (excluding diaryl/α,β-unsaturated/α-hetero) is 1. The number of ketones is 1. The molecule has 5 nitrogen and oxygen atoms in total. The van der Waals surface area contributed by atoms with Gasteiger partial charge in [0.25, 0.3) is 0 Å². The van der Waals surface area contributed by atoms with E-state index in [0.717, 1.165) is 62.3 Å². The number of para-hydroxylation sites is 1. The summed E-state index contributed by atoms with van der Waals surface area (Å²) in [6.45, 7) is 3.99. The first kappa shape index (κ1) is 28.1. The van der Waals surface area contributed by atoms with Gasteiger partial charge in [-0.2, -0.15) is 0 Å². The Hall–Kier alpha value is -5.03. The molecule has 0 saturated carbocycles. The molecule has 2 aliphatic rings. The summed E-state index contributed by atoms with van der Waals surface area (Å²) in [5.74, 6) is 2.03. The van der Waals surface area contributed by atoms with Crippen LogP contribution in [0.2, 0.25) is 0 Å². The highest BCUT2D eigenvalue weighted by Gasteiger charge is 2.28. The number of phenolic OH excluding ortho intramolecular Hbond substituents is 1. The Morgan fingerprint density at radius 2 is 1.40 bits per heavy atom. The van der Waals surface area contributed by atoms with Crippen molar-refractivity contribution in [2.24, 2.45) is 0 Å². The summed E-state index contributed by atoms with van der Waals surface area (Å²) in [5, 5.41) is 23.2. The van der Waals surface area contributed by atoms with Gasteiger partial charge in [0.2, 0.25) is 0 Å². The number of ether oxygens (including phenoxy) is 2. The molecule has 0 aliphatic heterocycles. The van der Waals surface area contributed by atoms with E-state index in [9.17, 15) is 15.0 Å². The van der Waals surface area contributed by atoms with Gasteiger partial charge >= 0.3 is 0 Å². The third kappa shape index (κ3) is 4.91. The molecule has 0 heterocycles. The molecular weight excluding hydrogens is 536 g/mol. The number of allylic oxidation sites excluding steroid dienone is 2. The minimum Gasteiger partial charge on any atom is -0.511 e. The fourth-order valence-electron chi connectivity index (χ4n) is 6.54. The largest absolute Gasteiger partial charge is 0.511 e. The second-order valence-electron chi connectivity index (χ2n) is 11.1. The first-order valence-corrected chi connectivity index (χ1v) is 14.4. The Morgan fingerprint density at radius 3 is 2.12 bits per heavy atom. The van der Waals surface area contributed by atoms with Crippen molar-refractivity contribution in [1.82, 2.24) is 0 Å². The van der Waals surface area contributed by atoms with Crippen molar-refractivity contribution in [3.63, 3.8) is 0 Å². The number of methoxy groups -OCH3 is 2. The highest BCUT2D eigenvalue weighted by molar-refractivity contribution is 6.26. The number of hydrogen-bond acceptors (Lipinski definition) is 5. The monoisotopic (exact) mass is 570 g/mol. The molecule has 0 atom stereocenters. The maximum Gasteiger partial charge on any atom is 0.171 e. The molecule has 7 rings (SSSR count). The van der Waals surface area contributed by atoms with Gasteiger partial charge in [0.1, 0.15) is 23.0 Å². The quantitative estimate of drug-likeness (QED) is 0.166. The van der Waals surface area contributed by atoms with Crippen LogP contribution in [0.4, 0.5) is 0 Å². The SMILES string of the molecule is COc1c(C)ccc2c3c(c(O)cc12)-c1ccccc1C3.COc1c(C)cccc1CC(O)=C1C(=O)Cc2ccccc21. The average Bonchev–Trinajstić information content (AvgIpc) is 3.55. The number of aliphatic hydroxyl groups excluding tert-OH is 1. The fourth-order valence-corrected chi connectivity index (χ4v) is 6.54. The van der Waals surface area contributed by atoms with Crippen LogP contribution in [-0.2, 0) is 24.1 Å². The lowest BCUT2D eigenvalue weighted by molar-refractivity contribution is -0.112. The molecule has 0 spiro atoms. The lowest BCUT2D eigenvalue weighted by Crippen LogP contribution is -2.03. The molecule has 43 heavy (non-hydrogen) atoms. The van der Waals surface area contributed by atoms with E-state index in [2.05, 4.69) is 30.3 Å². The van der Waals surface area contributed by atoms with Crippen molar-refractivity contribution in [3.8, 4) is 28.4 Å². The molecule has 0 bridgehead atoms. The molecular formula is C38H34O5. The van der Waals surface area contributed by atoms with Crippen molar-refractivity contribution in [3.05, 3.63) is 130 Å². The van der Waals surface area contributed by atoms with Crippen molar-refractivity contribution in [2.75, 3.05) is 14.2 Å². The number of rotatable bonds is 4. The number of aryl methyl sites for hydroxylation is 2. The Kier molecular flexibility index (Phi) is 7.41. The van der Waals surface area contributed by atoms with Crippen molar-refractivity contribution >= 4 is 22.1 Å². The zero-order valence-electron chi connectivity index (χ0n) is 24.8. The normalized spacial score (nSPS) is 14.0. The van der Waals surface area contributed by atoms with E-state index in [4.69, 9.17) is 9.47 Å². The van der Waals surface area contributed by atoms with Gasteiger partial charge < -0.3 is 19.7 Å². The van der Waals surface area contributed by atoms with E-state index in [0.29, 0.717) is 24.2 Å². The van der Waals surface area contributed by atoms with Crippen molar-refractivity contribution < 1.29 is 24.5 Å². The van der Waals surface area contributed by atoms with Gasteiger partial charge in [-0.25, -0.2) is 0 Å². The van der Waals surface area contributed by atoms with Gasteiger partial charge in [0.05, 0.1) is 19.8 Å². The van der Waals surface area contributed by atoms with Crippen LogP contribution in [0, 0.1) is 13.8 Å². The molecule has 5 aromatic rings. The van der Waals surface area contributed by atoms with Crippen LogP contribution in [-0.4, -0.2) is 30.2 Å². The highest BCUT2D eigenvalue weighted by Crippen LogP contribution is 2.47. The lowest BCUT2D eigenvalue weighted by atomic mass is 9.96. The van der Waals surface area contributed by atoms with Crippen LogP contribution in [0.3, 0.4) is 0 Å². The molecule has 0 saturated heterocycles. The molecule has 0 unspecified atom stereocenters. The molecule has 0 radical (unpaired) electrons. The number of hydrogen-bond donors (Lipinski definition) is 2. The molecule has 5 heteroatoms. The third-order valence-electron chi connectivity index (χ3n) is 8.48. The number of fused-ring (bicyclic) bond motifs is 6. The molecule has 216 valence electrons. The van der Waals surface area contributed by atoms with Crippen LogP contribution in [0.15, 0.2) is 90.7 Å². The minimum absolute atomic E-state index is 0.0229. The van der Waals surface area contributed by atoms with E-state index >= 15 is 0 Å². The summed E-state index contributed by atoms with van der Waals surface area (Å²) in [7, 11) is 3.30. The van der Waals surface area contributed by atoms with Gasteiger partial charge in [-0.1, -0.05) is 78.9 Å². The molecule has 0 aromatic heterocycles. The Bertz CT molecular complexity index is 1930. The van der Waals surface area contributed by atoms with Crippen LogP contribution >= 0.6 is 0 Å². The summed E-state index contributed by atoms with van der Waals surface area (Å²) in [4.78, 5) is 12.2. The van der Waals surface area contributed by atoms with Crippen LogP contribution in [0.5, 0.6) is 17.2 Å². The second-order valence-corrected chi connectivity index (χ2v) is 11.1. The summed E-state index contributed by atoms with van der Waals surface area (Å²) in [6, 6.07) is 27.8. The van der Waals surface area contributed by atoms with E-state index in [-0.39, 0.29) is 11.5 Å².